The van der Waals surface area contributed by atoms with Crippen molar-refractivity contribution in [3.8, 4) is 44.8 Å². The Morgan fingerprint density at radius 2 is 1.38 bits per heavy atom. The van der Waals surface area contributed by atoms with E-state index in [4.69, 9.17) is 15.8 Å². The highest BCUT2D eigenvalue weighted by atomic mass is 16.3. The standard InChI is InChI=1S/C34H29N5O/c1-33(40)21-34(35,22-33)27-16-14-25(15-17-27)30-28(23-9-4-2-5-10-23)20-39-32(37-30)29(26-13-8-18-36-19-26)31(38-39)24-11-6-3-7-12-24/h2-20,40H,21-22,35H2,1H3/t33-,34-. The number of pyridine rings is 1. The summed E-state index contributed by atoms with van der Waals surface area (Å²) in [5.41, 5.74) is 14.9. The molecule has 3 N–H and O–H groups in total. The van der Waals surface area contributed by atoms with Gasteiger partial charge in [-0.2, -0.15) is 5.10 Å². The highest BCUT2D eigenvalue weighted by molar-refractivity contribution is 5.92. The van der Waals surface area contributed by atoms with Crippen molar-refractivity contribution in [2.45, 2.75) is 30.9 Å². The summed E-state index contributed by atoms with van der Waals surface area (Å²) in [6.45, 7) is 1.84. The number of rotatable bonds is 5. The van der Waals surface area contributed by atoms with Crippen molar-refractivity contribution in [3.63, 3.8) is 0 Å². The van der Waals surface area contributed by atoms with Crippen LogP contribution < -0.4 is 5.73 Å². The van der Waals surface area contributed by atoms with E-state index in [1.807, 2.05) is 66.2 Å². The molecular weight excluding hydrogens is 494 g/mol. The van der Waals surface area contributed by atoms with E-state index in [1.54, 1.807) is 6.20 Å². The minimum absolute atomic E-state index is 0.509. The summed E-state index contributed by atoms with van der Waals surface area (Å²) < 4.78 is 1.89. The second kappa shape index (κ2) is 9.23. The molecule has 3 aromatic heterocycles. The summed E-state index contributed by atoms with van der Waals surface area (Å²) in [5.74, 6) is 0. The Bertz CT molecular complexity index is 1800. The van der Waals surface area contributed by atoms with Gasteiger partial charge in [-0.1, -0.05) is 91.0 Å². The van der Waals surface area contributed by atoms with Crippen LogP contribution in [0.2, 0.25) is 0 Å². The van der Waals surface area contributed by atoms with Gasteiger partial charge in [-0.15, -0.1) is 0 Å². The minimum Gasteiger partial charge on any atom is -0.390 e. The maximum atomic E-state index is 10.3. The fourth-order valence-electron chi connectivity index (χ4n) is 6.07. The van der Waals surface area contributed by atoms with Crippen molar-refractivity contribution in [1.82, 2.24) is 19.6 Å². The SMILES string of the molecule is C[C@]1(O)C[C@@](N)(c2ccc(-c3nc4c(-c5cccnc5)c(-c5ccccc5)nn4cc3-c3ccccc3)cc2)C1. The molecule has 0 saturated heterocycles. The van der Waals surface area contributed by atoms with Gasteiger partial charge in [0, 0.05) is 46.4 Å². The minimum atomic E-state index is -0.707. The summed E-state index contributed by atoms with van der Waals surface area (Å²) in [4.78, 5) is 9.68. The molecule has 1 aliphatic carbocycles. The van der Waals surface area contributed by atoms with E-state index in [-0.39, 0.29) is 0 Å². The molecule has 1 fully saturated rings. The molecule has 1 aliphatic rings. The number of aromatic nitrogens is 4. The molecule has 0 bridgehead atoms. The number of benzene rings is 3. The summed E-state index contributed by atoms with van der Waals surface area (Å²) in [6, 6.07) is 32.7. The highest BCUT2D eigenvalue weighted by Crippen LogP contribution is 2.46. The highest BCUT2D eigenvalue weighted by Gasteiger charge is 2.49. The third kappa shape index (κ3) is 4.18. The molecule has 3 aromatic carbocycles. The van der Waals surface area contributed by atoms with Crippen LogP contribution in [0.25, 0.3) is 50.4 Å². The van der Waals surface area contributed by atoms with Crippen molar-refractivity contribution < 1.29 is 5.11 Å². The van der Waals surface area contributed by atoms with E-state index in [9.17, 15) is 5.11 Å². The van der Waals surface area contributed by atoms with Crippen molar-refractivity contribution in [2.24, 2.45) is 5.73 Å². The van der Waals surface area contributed by atoms with Crippen LogP contribution in [-0.2, 0) is 5.54 Å². The Hall–Kier alpha value is -4.65. The van der Waals surface area contributed by atoms with Crippen LogP contribution >= 0.6 is 0 Å². The number of aliphatic hydroxyl groups is 1. The lowest BCUT2D eigenvalue weighted by atomic mass is 9.63. The van der Waals surface area contributed by atoms with Gasteiger partial charge in [0.15, 0.2) is 5.65 Å². The fourth-order valence-corrected chi connectivity index (χ4v) is 6.07. The second-order valence-corrected chi connectivity index (χ2v) is 11.1. The molecule has 0 atom stereocenters. The zero-order valence-electron chi connectivity index (χ0n) is 22.2. The third-order valence-electron chi connectivity index (χ3n) is 7.82. The topological polar surface area (TPSA) is 89.3 Å². The molecule has 6 heteroatoms. The van der Waals surface area contributed by atoms with Crippen LogP contribution in [0.1, 0.15) is 25.3 Å². The number of hydrogen-bond donors (Lipinski definition) is 2. The molecular formula is C34H29N5O. The molecule has 6 nitrogen and oxygen atoms in total. The molecule has 40 heavy (non-hydrogen) atoms. The Labute approximate surface area is 232 Å². The van der Waals surface area contributed by atoms with E-state index in [1.165, 1.54) is 0 Å². The lowest BCUT2D eigenvalue weighted by molar-refractivity contribution is -0.0738. The number of nitrogens with two attached hydrogens (primary N) is 1. The first-order valence-electron chi connectivity index (χ1n) is 13.5. The Morgan fingerprint density at radius 1 is 0.750 bits per heavy atom. The molecule has 0 amide bonds. The smallest absolute Gasteiger partial charge is 0.164 e. The summed E-state index contributed by atoms with van der Waals surface area (Å²) in [7, 11) is 0. The zero-order valence-corrected chi connectivity index (χ0v) is 22.2. The van der Waals surface area contributed by atoms with Gasteiger partial charge < -0.3 is 10.8 Å². The van der Waals surface area contributed by atoms with Crippen LogP contribution in [0.3, 0.4) is 0 Å². The van der Waals surface area contributed by atoms with Crippen LogP contribution in [0.4, 0.5) is 0 Å². The Morgan fingerprint density at radius 3 is 2.00 bits per heavy atom. The maximum absolute atomic E-state index is 10.3. The average Bonchev–Trinajstić information content (AvgIpc) is 3.35. The quantitative estimate of drug-likeness (QED) is 0.270. The first-order valence-corrected chi connectivity index (χ1v) is 13.5. The van der Waals surface area contributed by atoms with Gasteiger partial charge in [-0.25, -0.2) is 9.50 Å². The van der Waals surface area contributed by atoms with Crippen molar-refractivity contribution in [3.05, 3.63) is 121 Å². The Balaban J connectivity index is 1.45. The largest absolute Gasteiger partial charge is 0.390 e. The van der Waals surface area contributed by atoms with Crippen molar-refractivity contribution in [2.75, 3.05) is 0 Å². The summed E-state index contributed by atoms with van der Waals surface area (Å²) in [5, 5.41) is 15.4. The zero-order chi connectivity index (χ0) is 27.3. The summed E-state index contributed by atoms with van der Waals surface area (Å²) in [6.07, 6.45) is 6.80. The first kappa shape index (κ1) is 24.4. The van der Waals surface area contributed by atoms with Crippen LogP contribution in [0.5, 0.6) is 0 Å². The molecule has 0 spiro atoms. The third-order valence-corrected chi connectivity index (χ3v) is 7.82. The Kier molecular flexibility index (Phi) is 5.63. The number of fused-ring (bicyclic) bond motifs is 1. The van der Waals surface area contributed by atoms with E-state index < -0.39 is 11.1 Å². The molecule has 0 radical (unpaired) electrons. The molecule has 1 saturated carbocycles. The van der Waals surface area contributed by atoms with Gasteiger partial charge in [-0.3, -0.25) is 4.98 Å². The van der Waals surface area contributed by atoms with Gasteiger partial charge in [-0.05, 0) is 37.0 Å². The normalized spacial score (nSPS) is 20.4. The van der Waals surface area contributed by atoms with E-state index >= 15 is 0 Å². The number of hydrogen-bond acceptors (Lipinski definition) is 5. The monoisotopic (exact) mass is 523 g/mol. The molecule has 7 rings (SSSR count). The molecule has 0 aliphatic heterocycles. The molecule has 196 valence electrons. The van der Waals surface area contributed by atoms with Gasteiger partial charge in [0.2, 0.25) is 0 Å². The molecule has 0 unspecified atom stereocenters. The summed E-state index contributed by atoms with van der Waals surface area (Å²) >= 11 is 0. The van der Waals surface area contributed by atoms with E-state index in [0.29, 0.717) is 12.8 Å². The lowest BCUT2D eigenvalue weighted by Crippen LogP contribution is -2.58. The molecule has 3 heterocycles. The van der Waals surface area contributed by atoms with Crippen molar-refractivity contribution >= 4 is 5.65 Å². The van der Waals surface area contributed by atoms with Gasteiger partial charge >= 0.3 is 0 Å². The number of nitrogens with zero attached hydrogens (tertiary/aromatic N) is 4. The van der Waals surface area contributed by atoms with Gasteiger partial charge in [0.1, 0.15) is 5.69 Å². The second-order valence-electron chi connectivity index (χ2n) is 11.1. The van der Waals surface area contributed by atoms with Gasteiger partial charge in [0.25, 0.3) is 0 Å². The van der Waals surface area contributed by atoms with Crippen molar-refractivity contribution in [1.29, 1.82) is 0 Å². The molecule has 6 aromatic rings. The van der Waals surface area contributed by atoms with Crippen LogP contribution in [-0.4, -0.2) is 30.3 Å². The predicted molar refractivity (Wildman–Crippen MR) is 158 cm³/mol. The van der Waals surface area contributed by atoms with Crippen LogP contribution in [0.15, 0.2) is 116 Å². The maximum Gasteiger partial charge on any atom is 0.164 e. The van der Waals surface area contributed by atoms with E-state index in [2.05, 4.69) is 59.7 Å². The first-order chi connectivity index (χ1) is 19.4. The fraction of sp³-hybridized carbons (Fsp3) is 0.147. The average molecular weight is 524 g/mol. The van der Waals surface area contributed by atoms with Crippen LogP contribution in [0, 0.1) is 0 Å². The predicted octanol–water partition coefficient (Wildman–Crippen LogP) is 6.49. The van der Waals surface area contributed by atoms with E-state index in [0.717, 1.165) is 56.0 Å². The van der Waals surface area contributed by atoms with Gasteiger partial charge in [0.05, 0.1) is 16.9 Å². The lowest BCUT2D eigenvalue weighted by Gasteiger charge is -2.49.